The number of ether oxygens (including phenoxy) is 1. The predicted molar refractivity (Wildman–Crippen MR) is 111 cm³/mol. The van der Waals surface area contributed by atoms with Crippen molar-refractivity contribution in [1.82, 2.24) is 0 Å². The maximum absolute atomic E-state index is 12.2. The Bertz CT molecular complexity index is 880. The molecule has 0 saturated heterocycles. The van der Waals surface area contributed by atoms with Crippen LogP contribution in [-0.2, 0) is 0 Å². The van der Waals surface area contributed by atoms with Crippen LogP contribution in [0, 0.1) is 0 Å². The number of urea groups is 1. The lowest BCUT2D eigenvalue weighted by Gasteiger charge is -2.16. The molecule has 0 aliphatic carbocycles. The zero-order valence-corrected chi connectivity index (χ0v) is 15.4. The molecule has 3 rings (SSSR count). The summed E-state index contributed by atoms with van der Waals surface area (Å²) >= 11 is 0. The monoisotopic (exact) mass is 361 g/mol. The molecule has 5 heteroatoms. The fourth-order valence-electron chi connectivity index (χ4n) is 2.76. The molecule has 3 aromatic carbocycles. The summed E-state index contributed by atoms with van der Waals surface area (Å²) < 4.78 is 5.23. The molecule has 5 nitrogen and oxygen atoms in total. The van der Waals surface area contributed by atoms with Gasteiger partial charge in [-0.1, -0.05) is 42.5 Å². The summed E-state index contributed by atoms with van der Waals surface area (Å²) in [4.78, 5) is 12.2. The molecule has 0 aromatic heterocycles. The van der Waals surface area contributed by atoms with Gasteiger partial charge in [-0.25, -0.2) is 4.79 Å². The van der Waals surface area contributed by atoms with Crippen LogP contribution in [0.2, 0.25) is 0 Å². The van der Waals surface area contributed by atoms with Gasteiger partial charge < -0.3 is 20.7 Å². The van der Waals surface area contributed by atoms with Gasteiger partial charge in [0.05, 0.1) is 12.8 Å². The summed E-state index contributed by atoms with van der Waals surface area (Å²) in [6, 6.07) is 25.0. The van der Waals surface area contributed by atoms with Crippen LogP contribution < -0.4 is 20.7 Å². The summed E-state index contributed by atoms with van der Waals surface area (Å²) in [5.41, 5.74) is 3.53. The first kappa shape index (κ1) is 18.3. The summed E-state index contributed by atoms with van der Waals surface area (Å²) in [6.45, 7) is 2.11. The molecule has 27 heavy (non-hydrogen) atoms. The maximum Gasteiger partial charge on any atom is 0.323 e. The summed E-state index contributed by atoms with van der Waals surface area (Å²) in [5, 5.41) is 9.06. The zero-order valence-electron chi connectivity index (χ0n) is 15.4. The first-order chi connectivity index (χ1) is 13.2. The summed E-state index contributed by atoms with van der Waals surface area (Å²) in [7, 11) is 1.57. The second-order valence-corrected chi connectivity index (χ2v) is 6.13. The van der Waals surface area contributed by atoms with Gasteiger partial charge in [0, 0.05) is 17.4 Å². The Morgan fingerprint density at radius 2 is 1.44 bits per heavy atom. The molecule has 138 valence electrons. The van der Waals surface area contributed by atoms with E-state index in [9.17, 15) is 4.79 Å². The molecular weight excluding hydrogens is 338 g/mol. The normalized spacial score (nSPS) is 11.3. The molecule has 0 saturated carbocycles. The van der Waals surface area contributed by atoms with Crippen molar-refractivity contribution in [1.29, 1.82) is 0 Å². The third-order valence-electron chi connectivity index (χ3n) is 4.18. The van der Waals surface area contributed by atoms with Crippen molar-refractivity contribution in [2.45, 2.75) is 13.0 Å². The Morgan fingerprint density at radius 3 is 2.15 bits per heavy atom. The van der Waals surface area contributed by atoms with Crippen molar-refractivity contribution in [3.05, 3.63) is 84.4 Å². The Balaban J connectivity index is 1.58. The Morgan fingerprint density at radius 1 is 0.815 bits per heavy atom. The van der Waals surface area contributed by atoms with E-state index in [1.54, 1.807) is 19.2 Å². The highest BCUT2D eigenvalue weighted by atomic mass is 16.5. The smallest absolute Gasteiger partial charge is 0.323 e. The minimum absolute atomic E-state index is 0.193. The highest BCUT2D eigenvalue weighted by Gasteiger charge is 2.08. The molecule has 0 spiro atoms. The van der Waals surface area contributed by atoms with Gasteiger partial charge in [-0.15, -0.1) is 0 Å². The van der Waals surface area contributed by atoms with Gasteiger partial charge in [-0.3, -0.25) is 0 Å². The van der Waals surface area contributed by atoms with Gasteiger partial charge in [0.1, 0.15) is 5.75 Å². The first-order valence-corrected chi connectivity index (χ1v) is 8.78. The van der Waals surface area contributed by atoms with Crippen molar-refractivity contribution in [2.24, 2.45) is 0 Å². The van der Waals surface area contributed by atoms with Crippen LogP contribution in [0.25, 0.3) is 0 Å². The number of para-hydroxylation sites is 2. The number of benzene rings is 3. The van der Waals surface area contributed by atoms with E-state index < -0.39 is 0 Å². The molecule has 0 heterocycles. The molecule has 0 radical (unpaired) electrons. The summed E-state index contributed by atoms with van der Waals surface area (Å²) in [6.07, 6.45) is 0. The maximum atomic E-state index is 12.2. The van der Waals surface area contributed by atoms with Crippen LogP contribution in [0.5, 0.6) is 5.75 Å². The molecule has 3 aromatic rings. The lowest BCUT2D eigenvalue weighted by atomic mass is 10.1. The van der Waals surface area contributed by atoms with Gasteiger partial charge in [0.2, 0.25) is 0 Å². The SMILES string of the molecule is COc1ccccc1NC(=O)Nc1ccc(N[C@H](C)c2ccccc2)cc1. The van der Waals surface area contributed by atoms with Gasteiger partial charge >= 0.3 is 6.03 Å². The Kier molecular flexibility index (Phi) is 5.94. The highest BCUT2D eigenvalue weighted by Crippen LogP contribution is 2.24. The average Bonchev–Trinajstić information content (AvgIpc) is 2.70. The Hall–Kier alpha value is -3.47. The van der Waals surface area contributed by atoms with E-state index in [0.29, 0.717) is 17.1 Å². The van der Waals surface area contributed by atoms with Gasteiger partial charge in [0.25, 0.3) is 0 Å². The number of rotatable bonds is 6. The molecule has 0 aliphatic rings. The first-order valence-electron chi connectivity index (χ1n) is 8.78. The number of carbonyl (C=O) groups excluding carboxylic acids is 1. The molecule has 2 amide bonds. The van der Waals surface area contributed by atoms with Crippen molar-refractivity contribution in [3.63, 3.8) is 0 Å². The van der Waals surface area contributed by atoms with Crippen molar-refractivity contribution < 1.29 is 9.53 Å². The second kappa shape index (κ2) is 8.76. The zero-order chi connectivity index (χ0) is 19.1. The molecule has 1 atom stereocenters. The van der Waals surface area contributed by atoms with Crippen LogP contribution in [-0.4, -0.2) is 13.1 Å². The minimum atomic E-state index is -0.321. The molecule has 0 unspecified atom stereocenters. The van der Waals surface area contributed by atoms with Gasteiger partial charge in [-0.05, 0) is 48.9 Å². The van der Waals surface area contributed by atoms with Crippen LogP contribution in [0.1, 0.15) is 18.5 Å². The van der Waals surface area contributed by atoms with E-state index in [1.165, 1.54) is 5.56 Å². The van der Waals surface area contributed by atoms with Crippen LogP contribution in [0.3, 0.4) is 0 Å². The highest BCUT2D eigenvalue weighted by molar-refractivity contribution is 6.00. The lowest BCUT2D eigenvalue weighted by molar-refractivity contribution is 0.262. The molecule has 0 aliphatic heterocycles. The number of methoxy groups -OCH3 is 1. The van der Waals surface area contributed by atoms with E-state index >= 15 is 0 Å². The predicted octanol–water partition coefficient (Wildman–Crippen LogP) is 5.51. The second-order valence-electron chi connectivity index (χ2n) is 6.13. The third kappa shape index (κ3) is 5.01. The van der Waals surface area contributed by atoms with Gasteiger partial charge in [-0.2, -0.15) is 0 Å². The quantitative estimate of drug-likeness (QED) is 0.542. The Labute approximate surface area is 159 Å². The molecule has 0 fully saturated rings. The number of hydrogen-bond acceptors (Lipinski definition) is 3. The number of amides is 2. The van der Waals surface area contributed by atoms with Crippen molar-refractivity contribution in [2.75, 3.05) is 23.1 Å². The van der Waals surface area contributed by atoms with Crippen LogP contribution in [0.15, 0.2) is 78.9 Å². The van der Waals surface area contributed by atoms with Crippen molar-refractivity contribution >= 4 is 23.1 Å². The van der Waals surface area contributed by atoms with E-state index in [-0.39, 0.29) is 12.1 Å². The van der Waals surface area contributed by atoms with E-state index in [1.807, 2.05) is 54.6 Å². The molecule has 3 N–H and O–H groups in total. The molecule has 0 bridgehead atoms. The standard InChI is InChI=1S/C22H23N3O2/c1-16(17-8-4-3-5-9-17)23-18-12-14-19(15-13-18)24-22(26)25-20-10-6-7-11-21(20)27-2/h3-16,23H,1-2H3,(H2,24,25,26)/t16-/m1/s1. The number of carbonyl (C=O) groups is 1. The third-order valence-corrected chi connectivity index (χ3v) is 4.18. The van der Waals surface area contributed by atoms with E-state index in [2.05, 4.69) is 35.0 Å². The average molecular weight is 361 g/mol. The topological polar surface area (TPSA) is 62.4 Å². The fraction of sp³-hybridized carbons (Fsp3) is 0.136. The molecular formula is C22H23N3O2. The van der Waals surface area contributed by atoms with Crippen molar-refractivity contribution in [3.8, 4) is 5.75 Å². The minimum Gasteiger partial charge on any atom is -0.495 e. The summed E-state index contributed by atoms with van der Waals surface area (Å²) in [5.74, 6) is 0.613. The number of nitrogens with one attached hydrogen (secondary N) is 3. The number of hydrogen-bond donors (Lipinski definition) is 3. The van der Waals surface area contributed by atoms with E-state index in [0.717, 1.165) is 5.69 Å². The van der Waals surface area contributed by atoms with Crippen LogP contribution >= 0.6 is 0 Å². The largest absolute Gasteiger partial charge is 0.495 e. The van der Waals surface area contributed by atoms with Gasteiger partial charge in [0.15, 0.2) is 0 Å². The lowest BCUT2D eigenvalue weighted by Crippen LogP contribution is -2.19. The fourth-order valence-corrected chi connectivity index (χ4v) is 2.76. The van der Waals surface area contributed by atoms with E-state index in [4.69, 9.17) is 4.74 Å². The number of anilines is 3. The van der Waals surface area contributed by atoms with Crippen LogP contribution in [0.4, 0.5) is 21.9 Å².